The highest BCUT2D eigenvalue weighted by molar-refractivity contribution is 7.99. The number of aromatic nitrogens is 2. The van der Waals surface area contributed by atoms with Gasteiger partial charge in [0.15, 0.2) is 10.9 Å². The SMILES string of the molecule is CCn1c(-c2ccccc2)cnc1SCC(=O)c1ccc2c(c1)CCN2S(=O)(=O)CC. The van der Waals surface area contributed by atoms with Crippen LogP contribution < -0.4 is 4.31 Å². The molecule has 8 heteroatoms. The molecule has 1 aliphatic heterocycles. The van der Waals surface area contributed by atoms with Gasteiger partial charge < -0.3 is 4.57 Å². The Balaban J connectivity index is 1.49. The Labute approximate surface area is 187 Å². The van der Waals surface area contributed by atoms with Gasteiger partial charge in [0, 0.05) is 18.7 Å². The molecule has 0 radical (unpaired) electrons. The van der Waals surface area contributed by atoms with E-state index in [0.717, 1.165) is 28.5 Å². The molecule has 162 valence electrons. The lowest BCUT2D eigenvalue weighted by molar-refractivity contribution is 0.102. The van der Waals surface area contributed by atoms with E-state index in [4.69, 9.17) is 0 Å². The minimum Gasteiger partial charge on any atom is -0.319 e. The Kier molecular flexibility index (Phi) is 6.20. The Morgan fingerprint density at radius 3 is 2.61 bits per heavy atom. The van der Waals surface area contributed by atoms with Crippen molar-refractivity contribution in [2.24, 2.45) is 0 Å². The highest BCUT2D eigenvalue weighted by atomic mass is 32.2. The molecule has 4 rings (SSSR count). The summed E-state index contributed by atoms with van der Waals surface area (Å²) in [4.78, 5) is 17.4. The molecule has 0 bridgehead atoms. The van der Waals surface area contributed by atoms with Crippen molar-refractivity contribution in [3.63, 3.8) is 0 Å². The van der Waals surface area contributed by atoms with Crippen molar-refractivity contribution in [3.05, 3.63) is 65.9 Å². The molecular formula is C23H25N3O3S2. The van der Waals surface area contributed by atoms with Crippen LogP contribution in [0.2, 0.25) is 0 Å². The zero-order chi connectivity index (χ0) is 22.0. The van der Waals surface area contributed by atoms with Crippen LogP contribution in [0.15, 0.2) is 59.9 Å². The maximum Gasteiger partial charge on any atom is 0.234 e. The summed E-state index contributed by atoms with van der Waals surface area (Å²) >= 11 is 1.43. The molecule has 0 saturated heterocycles. The molecule has 0 saturated carbocycles. The third-order valence-electron chi connectivity index (χ3n) is 5.49. The Bertz CT molecular complexity index is 1200. The smallest absolute Gasteiger partial charge is 0.234 e. The molecule has 3 aromatic rings. The number of Topliss-reactive ketones (excluding diaryl/α,β-unsaturated/α-hetero) is 1. The maximum absolute atomic E-state index is 12.8. The van der Waals surface area contributed by atoms with Crippen LogP contribution in [0, 0.1) is 0 Å². The molecule has 1 aromatic heterocycles. The lowest BCUT2D eigenvalue weighted by Crippen LogP contribution is -2.30. The molecule has 0 N–H and O–H groups in total. The summed E-state index contributed by atoms with van der Waals surface area (Å²) < 4.78 is 28.1. The van der Waals surface area contributed by atoms with Crippen LogP contribution in [0.1, 0.15) is 29.8 Å². The summed E-state index contributed by atoms with van der Waals surface area (Å²) in [5.74, 6) is 0.358. The van der Waals surface area contributed by atoms with E-state index >= 15 is 0 Å². The Morgan fingerprint density at radius 2 is 1.90 bits per heavy atom. The highest BCUT2D eigenvalue weighted by Gasteiger charge is 2.28. The summed E-state index contributed by atoms with van der Waals surface area (Å²) in [7, 11) is -3.29. The predicted molar refractivity (Wildman–Crippen MR) is 125 cm³/mol. The Hall–Kier alpha value is -2.58. The average molecular weight is 456 g/mol. The van der Waals surface area contributed by atoms with Gasteiger partial charge in [-0.3, -0.25) is 9.10 Å². The monoisotopic (exact) mass is 455 g/mol. The number of benzene rings is 2. The van der Waals surface area contributed by atoms with Gasteiger partial charge in [-0.2, -0.15) is 0 Å². The molecule has 2 aromatic carbocycles. The largest absolute Gasteiger partial charge is 0.319 e. The first kappa shape index (κ1) is 21.6. The zero-order valence-corrected chi connectivity index (χ0v) is 19.2. The third kappa shape index (κ3) is 4.27. The second-order valence-corrected chi connectivity index (χ2v) is 10.4. The second kappa shape index (κ2) is 8.88. The summed E-state index contributed by atoms with van der Waals surface area (Å²) in [6.45, 7) is 4.91. The molecule has 1 aliphatic rings. The number of hydrogen-bond acceptors (Lipinski definition) is 5. The van der Waals surface area contributed by atoms with Crippen LogP contribution in [0.5, 0.6) is 0 Å². The number of carbonyl (C=O) groups excluding carboxylic acids is 1. The normalized spacial score (nSPS) is 13.4. The first-order valence-corrected chi connectivity index (χ1v) is 12.9. The van der Waals surface area contributed by atoms with E-state index in [2.05, 4.69) is 28.6 Å². The standard InChI is InChI=1S/C23H25N3O3S2/c1-3-25-21(17-8-6-5-7-9-17)15-24-23(25)30-16-22(27)19-10-11-20-18(14-19)12-13-26(20)31(28,29)4-2/h5-11,14-15H,3-4,12-13,16H2,1-2H3. The Morgan fingerprint density at radius 1 is 1.13 bits per heavy atom. The molecule has 0 fully saturated rings. The molecule has 0 atom stereocenters. The van der Waals surface area contributed by atoms with Crippen LogP contribution in [-0.2, 0) is 23.0 Å². The quantitative estimate of drug-likeness (QED) is 0.375. The molecular weight excluding hydrogens is 430 g/mol. The van der Waals surface area contributed by atoms with Gasteiger partial charge >= 0.3 is 0 Å². The number of thioether (sulfide) groups is 1. The molecule has 6 nitrogen and oxygen atoms in total. The van der Waals surface area contributed by atoms with Crippen molar-refractivity contribution in [2.75, 3.05) is 22.4 Å². The summed E-state index contributed by atoms with van der Waals surface area (Å²) in [6, 6.07) is 15.4. The molecule has 31 heavy (non-hydrogen) atoms. The molecule has 0 amide bonds. The second-order valence-electron chi connectivity index (χ2n) is 7.31. The van der Waals surface area contributed by atoms with Crippen molar-refractivity contribution in [1.82, 2.24) is 9.55 Å². The van der Waals surface area contributed by atoms with Gasteiger partial charge in [0.25, 0.3) is 0 Å². The van der Waals surface area contributed by atoms with Gasteiger partial charge in [-0.25, -0.2) is 13.4 Å². The zero-order valence-electron chi connectivity index (χ0n) is 17.6. The third-order valence-corrected chi connectivity index (χ3v) is 8.26. The molecule has 0 unspecified atom stereocenters. The number of anilines is 1. The van der Waals surface area contributed by atoms with E-state index in [1.165, 1.54) is 16.1 Å². The van der Waals surface area contributed by atoms with Gasteiger partial charge in [0.05, 0.1) is 29.1 Å². The minimum absolute atomic E-state index is 0.0107. The minimum atomic E-state index is -3.29. The fourth-order valence-electron chi connectivity index (χ4n) is 3.82. The van der Waals surface area contributed by atoms with Crippen molar-refractivity contribution in [2.45, 2.75) is 32.0 Å². The van der Waals surface area contributed by atoms with Gasteiger partial charge in [-0.1, -0.05) is 42.1 Å². The maximum atomic E-state index is 12.8. The van der Waals surface area contributed by atoms with E-state index in [1.54, 1.807) is 19.1 Å². The number of rotatable bonds is 8. The van der Waals surface area contributed by atoms with Crippen molar-refractivity contribution < 1.29 is 13.2 Å². The van der Waals surface area contributed by atoms with Crippen molar-refractivity contribution >= 4 is 33.3 Å². The number of hydrogen-bond donors (Lipinski definition) is 0. The van der Waals surface area contributed by atoms with Crippen LogP contribution in [-0.4, -0.2) is 41.8 Å². The summed E-state index contributed by atoms with van der Waals surface area (Å²) in [5.41, 5.74) is 4.35. The van der Waals surface area contributed by atoms with E-state index < -0.39 is 10.0 Å². The lowest BCUT2D eigenvalue weighted by Gasteiger charge is -2.18. The van der Waals surface area contributed by atoms with Crippen LogP contribution >= 0.6 is 11.8 Å². The van der Waals surface area contributed by atoms with Crippen LogP contribution in [0.25, 0.3) is 11.3 Å². The van der Waals surface area contributed by atoms with E-state index in [1.807, 2.05) is 30.5 Å². The fraction of sp³-hybridized carbons (Fsp3) is 0.304. The lowest BCUT2D eigenvalue weighted by atomic mass is 10.1. The number of imidazole rings is 1. The molecule has 0 spiro atoms. The molecule has 2 heterocycles. The average Bonchev–Trinajstić information content (AvgIpc) is 3.41. The first-order valence-electron chi connectivity index (χ1n) is 10.3. The van der Waals surface area contributed by atoms with Gasteiger partial charge in [-0.05, 0) is 49.6 Å². The highest BCUT2D eigenvalue weighted by Crippen LogP contribution is 2.32. The van der Waals surface area contributed by atoms with E-state index in [-0.39, 0.29) is 17.3 Å². The van der Waals surface area contributed by atoms with E-state index in [0.29, 0.717) is 24.2 Å². The summed E-state index contributed by atoms with van der Waals surface area (Å²) in [5, 5.41) is 0.816. The van der Waals surface area contributed by atoms with Crippen LogP contribution in [0.4, 0.5) is 5.69 Å². The van der Waals surface area contributed by atoms with Crippen molar-refractivity contribution in [1.29, 1.82) is 0 Å². The van der Waals surface area contributed by atoms with Crippen LogP contribution in [0.3, 0.4) is 0 Å². The number of fused-ring (bicyclic) bond motifs is 1. The number of ketones is 1. The first-order chi connectivity index (χ1) is 14.9. The van der Waals surface area contributed by atoms with Gasteiger partial charge in [-0.15, -0.1) is 0 Å². The van der Waals surface area contributed by atoms with E-state index in [9.17, 15) is 13.2 Å². The number of sulfonamides is 1. The molecule has 0 aliphatic carbocycles. The van der Waals surface area contributed by atoms with Gasteiger partial charge in [0.1, 0.15) is 0 Å². The number of carbonyl (C=O) groups is 1. The predicted octanol–water partition coefficient (Wildman–Crippen LogP) is 4.26. The summed E-state index contributed by atoms with van der Waals surface area (Å²) in [6.07, 6.45) is 2.48. The number of nitrogens with zero attached hydrogens (tertiary/aromatic N) is 3. The van der Waals surface area contributed by atoms with Crippen molar-refractivity contribution in [3.8, 4) is 11.3 Å². The fourth-order valence-corrected chi connectivity index (χ4v) is 5.92. The topological polar surface area (TPSA) is 72.3 Å². The van der Waals surface area contributed by atoms with Gasteiger partial charge in [0.2, 0.25) is 10.0 Å².